The number of sulfonamides is 1. The van der Waals surface area contributed by atoms with Crippen molar-refractivity contribution in [2.75, 3.05) is 13.7 Å². The fraction of sp³-hybridized carbons (Fsp3) is 0.364. The number of nitriles is 1. The van der Waals surface area contributed by atoms with Crippen LogP contribution in [0.5, 0.6) is 0 Å². The molecule has 0 fully saturated rings. The molecule has 0 spiro atoms. The number of ether oxygens (including phenoxy) is 1. The molecule has 0 saturated carbocycles. The maximum atomic E-state index is 12.0. The predicted molar refractivity (Wildman–Crippen MR) is 67.8 cm³/mol. The van der Waals surface area contributed by atoms with E-state index in [1.807, 2.05) is 6.07 Å². The number of methoxy groups -OCH3 is 1. The molecule has 0 bridgehead atoms. The average molecular weight is 289 g/mol. The van der Waals surface area contributed by atoms with Crippen LogP contribution in [0.4, 0.5) is 0 Å². The van der Waals surface area contributed by atoms with Gasteiger partial charge in [-0.05, 0) is 25.1 Å². The molecule has 1 rings (SSSR count). The monoisotopic (exact) mass is 288 g/mol. The molecule has 1 unspecified atom stereocenters. The zero-order chi connectivity index (χ0) is 13.8. The smallest absolute Gasteiger partial charge is 0.242 e. The van der Waals surface area contributed by atoms with Gasteiger partial charge in [0.15, 0.2) is 0 Å². The third-order valence-corrected chi connectivity index (χ3v) is 4.22. The summed E-state index contributed by atoms with van der Waals surface area (Å²) in [5, 5.41) is 8.82. The zero-order valence-corrected chi connectivity index (χ0v) is 11.5. The number of hydrogen-bond acceptors (Lipinski definition) is 4. The van der Waals surface area contributed by atoms with Gasteiger partial charge in [-0.25, -0.2) is 13.1 Å². The van der Waals surface area contributed by atoms with E-state index >= 15 is 0 Å². The summed E-state index contributed by atoms with van der Waals surface area (Å²) in [6.45, 7) is 1.86. The second kappa shape index (κ2) is 6.16. The number of nitrogens with one attached hydrogen (secondary N) is 1. The van der Waals surface area contributed by atoms with Crippen molar-refractivity contribution in [1.82, 2.24) is 4.72 Å². The predicted octanol–water partition coefficient (Wildman–Crippen LogP) is 1.52. The van der Waals surface area contributed by atoms with Gasteiger partial charge < -0.3 is 4.74 Å². The Kier molecular flexibility index (Phi) is 5.11. The summed E-state index contributed by atoms with van der Waals surface area (Å²) in [7, 11) is -2.25. The maximum absolute atomic E-state index is 12.0. The van der Waals surface area contributed by atoms with E-state index in [2.05, 4.69) is 4.72 Å². The maximum Gasteiger partial charge on any atom is 0.242 e. The van der Waals surface area contributed by atoms with Gasteiger partial charge in [-0.15, -0.1) is 0 Å². The van der Waals surface area contributed by atoms with E-state index in [1.165, 1.54) is 25.3 Å². The second-order valence-corrected chi connectivity index (χ2v) is 5.80. The first-order valence-corrected chi connectivity index (χ1v) is 6.99. The standard InChI is InChI=1S/C11H13ClN2O3S/c1-8(17-2)7-14-18(15,16)11-5-9(6-13)3-4-10(11)12/h3-5,8,14H,7H2,1-2H3. The van der Waals surface area contributed by atoms with Crippen LogP contribution < -0.4 is 4.72 Å². The molecule has 0 aliphatic carbocycles. The molecule has 0 aliphatic rings. The van der Waals surface area contributed by atoms with Crippen molar-refractivity contribution >= 4 is 21.6 Å². The van der Waals surface area contributed by atoms with Gasteiger partial charge in [0.1, 0.15) is 4.90 Å². The fourth-order valence-electron chi connectivity index (χ4n) is 1.17. The number of hydrogen-bond donors (Lipinski definition) is 1. The van der Waals surface area contributed by atoms with Crippen molar-refractivity contribution in [2.45, 2.75) is 17.9 Å². The van der Waals surface area contributed by atoms with Crippen LogP contribution in [-0.4, -0.2) is 28.2 Å². The Morgan fingerprint density at radius 2 is 2.22 bits per heavy atom. The van der Waals surface area contributed by atoms with Gasteiger partial charge >= 0.3 is 0 Å². The van der Waals surface area contributed by atoms with Crippen molar-refractivity contribution in [1.29, 1.82) is 5.26 Å². The molecule has 0 saturated heterocycles. The van der Waals surface area contributed by atoms with E-state index in [9.17, 15) is 8.42 Å². The molecule has 1 aromatic carbocycles. The van der Waals surface area contributed by atoms with E-state index in [1.54, 1.807) is 6.92 Å². The van der Waals surface area contributed by atoms with Crippen molar-refractivity contribution in [3.8, 4) is 6.07 Å². The summed E-state index contributed by atoms with van der Waals surface area (Å²) in [6.07, 6.45) is -0.252. The first kappa shape index (κ1) is 14.9. The van der Waals surface area contributed by atoms with Crippen molar-refractivity contribution in [3.05, 3.63) is 28.8 Å². The van der Waals surface area contributed by atoms with E-state index in [4.69, 9.17) is 21.6 Å². The fourth-order valence-corrected chi connectivity index (χ4v) is 2.81. The van der Waals surface area contributed by atoms with E-state index in [0.29, 0.717) is 0 Å². The summed E-state index contributed by atoms with van der Waals surface area (Å²) in [5.41, 5.74) is 0.236. The van der Waals surface area contributed by atoms with Crippen molar-refractivity contribution in [2.24, 2.45) is 0 Å². The second-order valence-electron chi connectivity index (χ2n) is 3.66. The Hall–Kier alpha value is -1.13. The van der Waals surface area contributed by atoms with Crippen LogP contribution in [-0.2, 0) is 14.8 Å². The molecule has 0 aliphatic heterocycles. The summed E-state index contributed by atoms with van der Waals surface area (Å²) in [4.78, 5) is -0.105. The number of nitrogens with zero attached hydrogens (tertiary/aromatic N) is 1. The number of halogens is 1. The summed E-state index contributed by atoms with van der Waals surface area (Å²) in [5.74, 6) is 0. The molecule has 1 aromatic rings. The molecule has 0 amide bonds. The van der Waals surface area contributed by atoms with Gasteiger partial charge in [-0.3, -0.25) is 0 Å². The molecule has 98 valence electrons. The van der Waals surface area contributed by atoms with Gasteiger partial charge in [-0.1, -0.05) is 11.6 Å². The normalized spacial score (nSPS) is 13.0. The van der Waals surface area contributed by atoms with Crippen molar-refractivity contribution < 1.29 is 13.2 Å². The van der Waals surface area contributed by atoms with Crippen LogP contribution in [0.1, 0.15) is 12.5 Å². The minimum absolute atomic E-state index is 0.0755. The molecule has 18 heavy (non-hydrogen) atoms. The van der Waals surface area contributed by atoms with Gasteiger partial charge in [0.05, 0.1) is 22.8 Å². The minimum Gasteiger partial charge on any atom is -0.380 e. The van der Waals surface area contributed by atoms with E-state index in [-0.39, 0.29) is 28.1 Å². The van der Waals surface area contributed by atoms with Gasteiger partial charge in [0, 0.05) is 13.7 Å². The van der Waals surface area contributed by atoms with Crippen LogP contribution in [0, 0.1) is 11.3 Å². The van der Waals surface area contributed by atoms with E-state index in [0.717, 1.165) is 0 Å². The molecular weight excluding hydrogens is 276 g/mol. The van der Waals surface area contributed by atoms with Gasteiger partial charge in [0.2, 0.25) is 10.0 Å². The van der Waals surface area contributed by atoms with Gasteiger partial charge in [0.25, 0.3) is 0 Å². The Bertz CT molecular complexity index is 566. The summed E-state index contributed by atoms with van der Waals surface area (Å²) in [6, 6.07) is 5.95. The van der Waals surface area contributed by atoms with Crippen LogP contribution >= 0.6 is 11.6 Å². The largest absolute Gasteiger partial charge is 0.380 e. The molecule has 0 heterocycles. The minimum atomic E-state index is -3.74. The van der Waals surface area contributed by atoms with Gasteiger partial charge in [-0.2, -0.15) is 5.26 Å². The lowest BCUT2D eigenvalue weighted by Crippen LogP contribution is -2.31. The highest BCUT2D eigenvalue weighted by molar-refractivity contribution is 7.89. The highest BCUT2D eigenvalue weighted by Crippen LogP contribution is 2.22. The van der Waals surface area contributed by atoms with Crippen molar-refractivity contribution in [3.63, 3.8) is 0 Å². The third-order valence-electron chi connectivity index (χ3n) is 2.31. The quantitative estimate of drug-likeness (QED) is 0.891. The molecule has 1 N–H and O–H groups in total. The highest BCUT2D eigenvalue weighted by atomic mass is 35.5. The first-order valence-electron chi connectivity index (χ1n) is 5.13. The molecule has 0 radical (unpaired) electrons. The molecule has 5 nitrogen and oxygen atoms in total. The molecule has 7 heteroatoms. The van der Waals surface area contributed by atoms with E-state index < -0.39 is 10.0 Å². The lowest BCUT2D eigenvalue weighted by molar-refractivity contribution is 0.122. The number of benzene rings is 1. The molecule has 0 aromatic heterocycles. The highest BCUT2D eigenvalue weighted by Gasteiger charge is 2.19. The Balaban J connectivity index is 3.02. The van der Waals surface area contributed by atoms with Crippen LogP contribution in [0.15, 0.2) is 23.1 Å². The lowest BCUT2D eigenvalue weighted by Gasteiger charge is -2.12. The Morgan fingerprint density at radius 3 is 2.78 bits per heavy atom. The summed E-state index contributed by atoms with van der Waals surface area (Å²) < 4.78 is 31.3. The summed E-state index contributed by atoms with van der Waals surface area (Å²) >= 11 is 5.83. The zero-order valence-electron chi connectivity index (χ0n) is 9.97. The molecule has 1 atom stereocenters. The van der Waals surface area contributed by atoms with Crippen LogP contribution in [0.2, 0.25) is 5.02 Å². The first-order chi connectivity index (χ1) is 8.40. The SMILES string of the molecule is COC(C)CNS(=O)(=O)c1cc(C#N)ccc1Cl. The third kappa shape index (κ3) is 3.68. The number of rotatable bonds is 5. The average Bonchev–Trinajstić information content (AvgIpc) is 2.36. The van der Waals surface area contributed by atoms with Crippen LogP contribution in [0.25, 0.3) is 0 Å². The van der Waals surface area contributed by atoms with Crippen LogP contribution in [0.3, 0.4) is 0 Å². The lowest BCUT2D eigenvalue weighted by atomic mass is 10.2. The Morgan fingerprint density at radius 1 is 1.56 bits per heavy atom. The molecular formula is C11H13ClN2O3S. The topological polar surface area (TPSA) is 79.2 Å². The Labute approximate surface area is 111 Å².